The van der Waals surface area contributed by atoms with E-state index >= 15 is 0 Å². The van der Waals surface area contributed by atoms with Crippen LogP contribution in [0.5, 0.6) is 5.75 Å². The zero-order valence-electron chi connectivity index (χ0n) is 27.1. The molecule has 2 aromatic heterocycles. The van der Waals surface area contributed by atoms with Crippen molar-refractivity contribution in [2.24, 2.45) is 0 Å². The molecule has 6 rings (SSSR count). The Morgan fingerprint density at radius 2 is 1.54 bits per heavy atom. The smallest absolute Gasteiger partial charge is 0.256 e. The number of thiophene rings is 1. The van der Waals surface area contributed by atoms with Crippen molar-refractivity contribution in [3.63, 3.8) is 0 Å². The van der Waals surface area contributed by atoms with E-state index in [1.807, 2.05) is 72.3 Å². The van der Waals surface area contributed by atoms with Gasteiger partial charge in [0.2, 0.25) is 5.43 Å². The molecular weight excluding hydrogens is 622 g/mol. The fraction of sp³-hybridized carbons (Fsp3) is 0.200. The lowest BCUT2D eigenvalue weighted by Gasteiger charge is -2.18. The number of carbonyl (C=O) groups is 1. The lowest BCUT2D eigenvalue weighted by Crippen LogP contribution is -2.31. The number of nitrogens with one attached hydrogen (secondary N) is 1. The Balaban J connectivity index is 1.44. The Morgan fingerprint density at radius 1 is 0.875 bits per heavy atom. The number of aromatic nitrogens is 1. The first kappa shape index (κ1) is 32.9. The number of ether oxygens (including phenoxy) is 1. The molecule has 1 N–H and O–H groups in total. The number of benzene rings is 4. The molecule has 0 bridgehead atoms. The molecule has 0 unspecified atom stereocenters. The molecule has 1 amide bonds. The number of rotatable bonds is 13. The monoisotopic (exact) mass is 659 g/mol. The van der Waals surface area contributed by atoms with Crippen LogP contribution in [0.3, 0.4) is 0 Å². The van der Waals surface area contributed by atoms with E-state index in [4.69, 9.17) is 4.74 Å². The number of pyridine rings is 1. The number of hydrogen-bond donors (Lipinski definition) is 1. The highest BCUT2D eigenvalue weighted by molar-refractivity contribution is 7.22. The van der Waals surface area contributed by atoms with Crippen LogP contribution in [0.15, 0.2) is 120 Å². The van der Waals surface area contributed by atoms with Gasteiger partial charge in [0.15, 0.2) is 0 Å². The van der Waals surface area contributed by atoms with Crippen LogP contribution in [0, 0.1) is 5.82 Å². The molecule has 244 valence electrons. The van der Waals surface area contributed by atoms with E-state index in [1.165, 1.54) is 23.0 Å². The van der Waals surface area contributed by atoms with Crippen molar-refractivity contribution in [1.82, 2.24) is 14.8 Å². The zero-order chi connectivity index (χ0) is 33.5. The second-order valence-corrected chi connectivity index (χ2v) is 12.9. The van der Waals surface area contributed by atoms with E-state index in [-0.39, 0.29) is 23.4 Å². The Bertz CT molecular complexity index is 2060. The molecular formula is C40H38FN3O3S. The van der Waals surface area contributed by atoms with Crippen LogP contribution in [0.1, 0.15) is 39.0 Å². The van der Waals surface area contributed by atoms with Crippen LogP contribution in [0.25, 0.3) is 20.7 Å². The highest BCUT2D eigenvalue weighted by Crippen LogP contribution is 2.39. The van der Waals surface area contributed by atoms with Gasteiger partial charge in [0.25, 0.3) is 5.91 Å². The maximum Gasteiger partial charge on any atom is 0.256 e. The summed E-state index contributed by atoms with van der Waals surface area (Å²) in [6.45, 7) is 1.73. The van der Waals surface area contributed by atoms with Crippen molar-refractivity contribution >= 4 is 27.5 Å². The van der Waals surface area contributed by atoms with Gasteiger partial charge in [0.1, 0.15) is 22.0 Å². The van der Waals surface area contributed by atoms with Crippen molar-refractivity contribution < 1.29 is 13.9 Å². The summed E-state index contributed by atoms with van der Waals surface area (Å²) < 4.78 is 22.3. The highest BCUT2D eigenvalue weighted by Gasteiger charge is 2.24. The standard InChI is InChI=1S/C40H38FN3O3S/c1-43(24-29-14-7-4-8-15-29)26-33-36-37(45)34(39(46)42-23-11-16-28-12-5-3-6-13-28)27-44(25-31-17-9-10-18-35(31)41)40(36)48-38(33)30-19-21-32(47-2)22-20-30/h3-10,12-15,17-22,27H,11,16,23-26H2,1-2H3,(H,42,46). The van der Waals surface area contributed by atoms with Gasteiger partial charge in [-0.1, -0.05) is 78.9 Å². The van der Waals surface area contributed by atoms with Crippen molar-refractivity contribution in [3.05, 3.63) is 159 Å². The molecule has 8 heteroatoms. The predicted octanol–water partition coefficient (Wildman–Crippen LogP) is 7.92. The number of aryl methyl sites for hydroxylation is 1. The summed E-state index contributed by atoms with van der Waals surface area (Å²) in [5.74, 6) is -0.0444. The first-order valence-corrected chi connectivity index (χ1v) is 16.8. The van der Waals surface area contributed by atoms with Crippen LogP contribution in [0.2, 0.25) is 0 Å². The Hall–Kier alpha value is -5.05. The van der Waals surface area contributed by atoms with Gasteiger partial charge in [0, 0.05) is 36.3 Å². The fourth-order valence-corrected chi connectivity index (χ4v) is 7.26. The topological polar surface area (TPSA) is 63.6 Å². The maximum absolute atomic E-state index is 15.0. The minimum atomic E-state index is -0.432. The molecule has 0 saturated carbocycles. The third kappa shape index (κ3) is 7.56. The molecule has 0 atom stereocenters. The van der Waals surface area contributed by atoms with Crippen molar-refractivity contribution in [2.75, 3.05) is 20.7 Å². The van der Waals surface area contributed by atoms with Gasteiger partial charge in [-0.25, -0.2) is 4.39 Å². The number of nitrogens with zero attached hydrogens (tertiary/aromatic N) is 2. The van der Waals surface area contributed by atoms with Gasteiger partial charge in [-0.2, -0.15) is 0 Å². The molecule has 6 aromatic rings. The summed E-state index contributed by atoms with van der Waals surface area (Å²) in [5.41, 5.74) is 4.30. The largest absolute Gasteiger partial charge is 0.497 e. The van der Waals surface area contributed by atoms with Gasteiger partial charge in [-0.05, 0) is 72.5 Å². The SMILES string of the molecule is COc1ccc(-c2sc3c(c2CN(C)Cc2ccccc2)c(=O)c(C(=O)NCCCc2ccccc2)cn3Cc2ccccc2F)cc1. The van der Waals surface area contributed by atoms with E-state index in [0.29, 0.717) is 35.4 Å². The lowest BCUT2D eigenvalue weighted by atomic mass is 10.0. The average Bonchev–Trinajstić information content (AvgIpc) is 3.49. The average molecular weight is 660 g/mol. The molecule has 0 saturated heterocycles. The van der Waals surface area contributed by atoms with Crippen LogP contribution in [-0.4, -0.2) is 36.1 Å². The predicted molar refractivity (Wildman–Crippen MR) is 192 cm³/mol. The third-order valence-corrected chi connectivity index (χ3v) is 9.71. The summed E-state index contributed by atoms with van der Waals surface area (Å²) in [7, 11) is 3.65. The second kappa shape index (κ2) is 15.2. The molecule has 4 aromatic carbocycles. The van der Waals surface area contributed by atoms with Crippen LogP contribution in [-0.2, 0) is 26.1 Å². The van der Waals surface area contributed by atoms with Gasteiger partial charge in [-0.15, -0.1) is 11.3 Å². The second-order valence-electron chi connectivity index (χ2n) is 11.9. The number of carbonyl (C=O) groups excluding carboxylic acids is 1. The summed E-state index contributed by atoms with van der Waals surface area (Å²) in [6.07, 6.45) is 3.14. The quantitative estimate of drug-likeness (QED) is 0.128. The Morgan fingerprint density at radius 3 is 2.23 bits per heavy atom. The van der Waals surface area contributed by atoms with Gasteiger partial charge >= 0.3 is 0 Å². The lowest BCUT2D eigenvalue weighted by molar-refractivity contribution is 0.0951. The number of halogens is 1. The number of methoxy groups -OCH3 is 1. The van der Waals surface area contributed by atoms with Crippen LogP contribution >= 0.6 is 11.3 Å². The zero-order valence-corrected chi connectivity index (χ0v) is 27.9. The first-order valence-electron chi connectivity index (χ1n) is 16.0. The molecule has 0 aliphatic rings. The molecule has 0 aliphatic heterocycles. The maximum atomic E-state index is 15.0. The van der Waals surface area contributed by atoms with Gasteiger partial charge in [-0.3, -0.25) is 14.5 Å². The molecule has 0 spiro atoms. The summed E-state index contributed by atoms with van der Waals surface area (Å²) in [4.78, 5) is 31.9. The summed E-state index contributed by atoms with van der Waals surface area (Å²) in [6, 6.07) is 34.6. The molecule has 48 heavy (non-hydrogen) atoms. The fourth-order valence-electron chi connectivity index (χ4n) is 5.97. The van der Waals surface area contributed by atoms with Crippen molar-refractivity contribution in [3.8, 4) is 16.2 Å². The number of fused-ring (bicyclic) bond motifs is 1. The normalized spacial score (nSPS) is 11.2. The minimum absolute atomic E-state index is 0.0459. The van der Waals surface area contributed by atoms with Crippen molar-refractivity contribution in [1.29, 1.82) is 0 Å². The molecule has 6 nitrogen and oxygen atoms in total. The van der Waals surface area contributed by atoms with E-state index in [0.717, 1.165) is 40.2 Å². The molecule has 0 aliphatic carbocycles. The van der Waals surface area contributed by atoms with Crippen LogP contribution in [0.4, 0.5) is 4.39 Å². The molecule has 0 fully saturated rings. The third-order valence-electron chi connectivity index (χ3n) is 8.40. The Kier molecular flexibility index (Phi) is 10.4. The van der Waals surface area contributed by atoms with Crippen molar-refractivity contribution in [2.45, 2.75) is 32.5 Å². The molecule has 0 radical (unpaired) electrons. The van der Waals surface area contributed by atoms with Gasteiger partial charge < -0.3 is 14.6 Å². The summed E-state index contributed by atoms with van der Waals surface area (Å²) >= 11 is 1.49. The number of hydrogen-bond acceptors (Lipinski definition) is 5. The molecule has 2 heterocycles. The minimum Gasteiger partial charge on any atom is -0.497 e. The van der Waals surface area contributed by atoms with E-state index in [2.05, 4.69) is 34.5 Å². The van der Waals surface area contributed by atoms with Crippen LogP contribution < -0.4 is 15.5 Å². The first-order chi connectivity index (χ1) is 23.4. The van der Waals surface area contributed by atoms with E-state index < -0.39 is 5.91 Å². The number of amides is 1. The van der Waals surface area contributed by atoms with Gasteiger partial charge in [0.05, 0.1) is 19.0 Å². The Labute approximate surface area is 284 Å². The highest BCUT2D eigenvalue weighted by atomic mass is 32.1. The van der Waals surface area contributed by atoms with E-state index in [9.17, 15) is 14.0 Å². The van der Waals surface area contributed by atoms with E-state index in [1.54, 1.807) is 31.5 Å². The summed E-state index contributed by atoms with van der Waals surface area (Å²) in [5, 5.41) is 3.46.